The minimum absolute atomic E-state index is 0.0186. The molecule has 26 heavy (non-hydrogen) atoms. The maximum absolute atomic E-state index is 13.8. The molecular formula is C21H22FNO3. The number of aliphatic hydroxyl groups is 2. The summed E-state index contributed by atoms with van der Waals surface area (Å²) >= 11 is 0. The van der Waals surface area contributed by atoms with Crippen LogP contribution in [0.1, 0.15) is 17.0 Å². The summed E-state index contributed by atoms with van der Waals surface area (Å²) in [6.07, 6.45) is -0.704. The van der Waals surface area contributed by atoms with E-state index < -0.39 is 17.3 Å². The lowest BCUT2D eigenvalue weighted by atomic mass is 9.95. The molecule has 1 heterocycles. The molecule has 1 spiro atoms. The topological polar surface area (TPSA) is 60.8 Å². The van der Waals surface area contributed by atoms with Crippen molar-refractivity contribution in [3.05, 3.63) is 71.5 Å². The zero-order chi connectivity index (χ0) is 18.3. The highest BCUT2D eigenvalue weighted by Crippen LogP contribution is 2.68. The van der Waals surface area contributed by atoms with Crippen molar-refractivity contribution in [3.8, 4) is 0 Å². The van der Waals surface area contributed by atoms with Crippen molar-refractivity contribution in [3.63, 3.8) is 0 Å². The Morgan fingerprint density at radius 3 is 2.54 bits per heavy atom. The highest BCUT2D eigenvalue weighted by atomic mass is 19.1. The lowest BCUT2D eigenvalue weighted by Gasteiger charge is -2.17. The lowest BCUT2D eigenvalue weighted by Crippen LogP contribution is -2.31. The number of hydrogen-bond donors (Lipinski definition) is 2. The number of aliphatic hydroxyl groups excluding tert-OH is 2. The van der Waals surface area contributed by atoms with E-state index in [-0.39, 0.29) is 37.3 Å². The van der Waals surface area contributed by atoms with Gasteiger partial charge in [-0.1, -0.05) is 48.5 Å². The second kappa shape index (κ2) is 6.49. The van der Waals surface area contributed by atoms with Crippen molar-refractivity contribution in [2.24, 2.45) is 11.3 Å². The number of carbonyl (C=O) groups excluding carboxylic acids is 1. The Labute approximate surface area is 151 Å². The van der Waals surface area contributed by atoms with Crippen molar-refractivity contribution in [2.45, 2.75) is 18.4 Å². The first kappa shape index (κ1) is 17.2. The van der Waals surface area contributed by atoms with Crippen molar-refractivity contribution in [2.75, 3.05) is 19.7 Å². The number of carbonyl (C=O) groups is 1. The van der Waals surface area contributed by atoms with Gasteiger partial charge in [0, 0.05) is 25.1 Å². The van der Waals surface area contributed by atoms with Crippen LogP contribution in [0.2, 0.25) is 0 Å². The molecule has 0 unspecified atom stereocenters. The molecule has 1 aliphatic carbocycles. The molecule has 0 bridgehead atoms. The Bertz CT molecular complexity index is 812. The molecule has 1 amide bonds. The molecule has 136 valence electrons. The number of benzene rings is 2. The van der Waals surface area contributed by atoms with Crippen LogP contribution in [-0.4, -0.2) is 46.8 Å². The van der Waals surface area contributed by atoms with E-state index in [1.807, 2.05) is 30.3 Å². The van der Waals surface area contributed by atoms with Crippen LogP contribution < -0.4 is 0 Å². The van der Waals surface area contributed by atoms with E-state index in [1.54, 1.807) is 23.1 Å². The fraction of sp³-hybridized carbons (Fsp3) is 0.381. The maximum Gasteiger partial charge on any atom is 0.227 e. The van der Waals surface area contributed by atoms with Crippen LogP contribution in [0.4, 0.5) is 4.39 Å². The van der Waals surface area contributed by atoms with Gasteiger partial charge in [-0.15, -0.1) is 0 Å². The molecule has 2 aromatic rings. The van der Waals surface area contributed by atoms with E-state index >= 15 is 0 Å². The van der Waals surface area contributed by atoms with Crippen LogP contribution >= 0.6 is 0 Å². The molecular weight excluding hydrogens is 333 g/mol. The Morgan fingerprint density at radius 2 is 1.85 bits per heavy atom. The Kier molecular flexibility index (Phi) is 4.29. The van der Waals surface area contributed by atoms with Crippen molar-refractivity contribution in [1.82, 2.24) is 4.90 Å². The predicted octanol–water partition coefficient (Wildman–Crippen LogP) is 1.96. The summed E-state index contributed by atoms with van der Waals surface area (Å²) < 4.78 is 13.8. The minimum Gasteiger partial charge on any atom is -0.396 e. The molecule has 1 saturated carbocycles. The van der Waals surface area contributed by atoms with Crippen LogP contribution in [-0.2, 0) is 11.2 Å². The average molecular weight is 355 g/mol. The standard InChI is InChI=1S/C21H22FNO3/c22-17-9-5-4-8-15(17)10-19(26)23-11-18(25)21(13-23)16(12-24)20(21)14-6-2-1-3-7-14/h1-9,16,18,20,24-25H,10-13H2/t16-,18-,20-,21-/m1/s1. The Morgan fingerprint density at radius 1 is 1.15 bits per heavy atom. The Hall–Kier alpha value is -2.24. The molecule has 2 aromatic carbocycles. The predicted molar refractivity (Wildman–Crippen MR) is 94.9 cm³/mol. The van der Waals surface area contributed by atoms with Crippen LogP contribution in [0.3, 0.4) is 0 Å². The summed E-state index contributed by atoms with van der Waals surface area (Å²) in [6, 6.07) is 16.1. The second-order valence-electron chi connectivity index (χ2n) is 7.35. The van der Waals surface area contributed by atoms with Gasteiger partial charge in [-0.05, 0) is 29.0 Å². The summed E-state index contributed by atoms with van der Waals surface area (Å²) in [6.45, 7) is 0.603. The van der Waals surface area contributed by atoms with E-state index in [0.29, 0.717) is 12.1 Å². The summed E-state index contributed by atoms with van der Waals surface area (Å²) in [7, 11) is 0. The molecule has 4 nitrogen and oxygen atoms in total. The van der Waals surface area contributed by atoms with E-state index in [9.17, 15) is 19.4 Å². The van der Waals surface area contributed by atoms with E-state index in [4.69, 9.17) is 0 Å². The summed E-state index contributed by atoms with van der Waals surface area (Å²) in [4.78, 5) is 14.3. The third-order valence-corrected chi connectivity index (χ3v) is 6.05. The van der Waals surface area contributed by atoms with Crippen molar-refractivity contribution in [1.29, 1.82) is 0 Å². The van der Waals surface area contributed by atoms with Gasteiger partial charge in [-0.2, -0.15) is 0 Å². The first-order chi connectivity index (χ1) is 12.6. The number of β-amino-alcohol motifs (C(OH)–C–C–N with tert-alkyl or cyclic N) is 1. The highest BCUT2D eigenvalue weighted by molar-refractivity contribution is 5.79. The van der Waals surface area contributed by atoms with Crippen molar-refractivity contribution < 1.29 is 19.4 Å². The first-order valence-corrected chi connectivity index (χ1v) is 8.93. The van der Waals surface area contributed by atoms with Crippen molar-refractivity contribution >= 4 is 5.91 Å². The molecule has 0 radical (unpaired) electrons. The number of rotatable bonds is 4. The van der Waals surface area contributed by atoms with Crippen LogP contribution in [0.15, 0.2) is 54.6 Å². The van der Waals surface area contributed by atoms with Crippen LogP contribution in [0.25, 0.3) is 0 Å². The number of likely N-dealkylation sites (tertiary alicyclic amines) is 1. The molecule has 2 N–H and O–H groups in total. The van der Waals surface area contributed by atoms with Gasteiger partial charge in [-0.25, -0.2) is 4.39 Å². The fourth-order valence-corrected chi connectivity index (χ4v) is 4.67. The van der Waals surface area contributed by atoms with Gasteiger partial charge in [0.2, 0.25) is 5.91 Å². The fourth-order valence-electron chi connectivity index (χ4n) is 4.67. The van der Waals surface area contributed by atoms with Gasteiger partial charge < -0.3 is 15.1 Å². The van der Waals surface area contributed by atoms with Crippen LogP contribution in [0, 0.1) is 17.2 Å². The molecule has 1 saturated heterocycles. The van der Waals surface area contributed by atoms with E-state index in [1.165, 1.54) is 6.07 Å². The minimum atomic E-state index is -0.686. The number of halogens is 1. The normalized spacial score (nSPS) is 30.0. The largest absolute Gasteiger partial charge is 0.396 e. The number of nitrogens with zero attached hydrogens (tertiary/aromatic N) is 1. The zero-order valence-electron chi connectivity index (χ0n) is 14.4. The maximum atomic E-state index is 13.8. The zero-order valence-corrected chi connectivity index (χ0v) is 14.4. The monoisotopic (exact) mass is 355 g/mol. The van der Waals surface area contributed by atoms with Gasteiger partial charge in [0.1, 0.15) is 5.82 Å². The quantitative estimate of drug-likeness (QED) is 0.881. The molecule has 0 aromatic heterocycles. The third-order valence-electron chi connectivity index (χ3n) is 6.05. The molecule has 2 fully saturated rings. The first-order valence-electron chi connectivity index (χ1n) is 8.93. The van der Waals surface area contributed by atoms with Gasteiger partial charge in [0.25, 0.3) is 0 Å². The molecule has 4 atom stereocenters. The second-order valence-corrected chi connectivity index (χ2v) is 7.35. The highest BCUT2D eigenvalue weighted by Gasteiger charge is 2.71. The number of hydrogen-bond acceptors (Lipinski definition) is 3. The van der Waals surface area contributed by atoms with Gasteiger partial charge in [0.05, 0.1) is 12.5 Å². The van der Waals surface area contributed by atoms with Gasteiger partial charge >= 0.3 is 0 Å². The van der Waals surface area contributed by atoms with Gasteiger partial charge in [0.15, 0.2) is 0 Å². The molecule has 5 heteroatoms. The molecule has 1 aliphatic heterocycles. The van der Waals surface area contributed by atoms with E-state index in [0.717, 1.165) is 5.56 Å². The average Bonchev–Trinajstić information content (AvgIpc) is 3.19. The summed E-state index contributed by atoms with van der Waals surface area (Å²) in [5, 5.41) is 20.5. The van der Waals surface area contributed by atoms with Gasteiger partial charge in [-0.3, -0.25) is 4.79 Å². The lowest BCUT2D eigenvalue weighted by molar-refractivity contribution is -0.129. The smallest absolute Gasteiger partial charge is 0.227 e. The SMILES string of the molecule is O=C(Cc1ccccc1F)N1C[C@@H](O)[C@@]2(C1)[C@H](CO)[C@H]2c1ccccc1. The summed E-state index contributed by atoms with van der Waals surface area (Å²) in [5.41, 5.74) is 0.942. The molecule has 2 aliphatic rings. The van der Waals surface area contributed by atoms with Crippen LogP contribution in [0.5, 0.6) is 0 Å². The Balaban J connectivity index is 1.53. The third kappa shape index (κ3) is 2.63. The number of amides is 1. The van der Waals surface area contributed by atoms with E-state index in [2.05, 4.69) is 0 Å². The summed E-state index contributed by atoms with van der Waals surface area (Å²) in [5.74, 6) is -0.611. The molecule has 4 rings (SSSR count).